The van der Waals surface area contributed by atoms with Crippen molar-refractivity contribution in [1.82, 2.24) is 0 Å². The van der Waals surface area contributed by atoms with Crippen molar-refractivity contribution in [2.75, 3.05) is 6.61 Å². The molecule has 1 atom stereocenters. The SMILES string of the molecule is Cc1ccc(S(=O)(=O)OC[C@@H](F)CCC#N)cc1. The molecule has 0 unspecified atom stereocenters. The number of nitrogens with zero attached hydrogens (tertiary/aromatic N) is 1. The Morgan fingerprint density at radius 3 is 2.56 bits per heavy atom. The van der Waals surface area contributed by atoms with Crippen LogP contribution in [0.1, 0.15) is 18.4 Å². The highest BCUT2D eigenvalue weighted by molar-refractivity contribution is 7.86. The molecule has 6 heteroatoms. The summed E-state index contributed by atoms with van der Waals surface area (Å²) >= 11 is 0. The van der Waals surface area contributed by atoms with Gasteiger partial charge in [-0.15, -0.1) is 0 Å². The lowest BCUT2D eigenvalue weighted by atomic mass is 10.2. The fourth-order valence-corrected chi connectivity index (χ4v) is 2.17. The van der Waals surface area contributed by atoms with Crippen LogP contribution in [0.5, 0.6) is 0 Å². The molecule has 0 aliphatic rings. The monoisotopic (exact) mass is 271 g/mol. The molecule has 0 heterocycles. The van der Waals surface area contributed by atoms with E-state index in [1.165, 1.54) is 12.1 Å². The Bertz CT molecular complexity index is 519. The van der Waals surface area contributed by atoms with Crippen molar-refractivity contribution >= 4 is 10.1 Å². The molecule has 1 rings (SSSR count). The highest BCUT2D eigenvalue weighted by Crippen LogP contribution is 2.14. The van der Waals surface area contributed by atoms with E-state index in [0.29, 0.717) is 0 Å². The molecule has 0 saturated carbocycles. The van der Waals surface area contributed by atoms with E-state index in [0.717, 1.165) is 5.56 Å². The second kappa shape index (κ2) is 6.47. The van der Waals surface area contributed by atoms with Crippen molar-refractivity contribution in [1.29, 1.82) is 5.26 Å². The molecule has 0 radical (unpaired) electrons. The van der Waals surface area contributed by atoms with Gasteiger partial charge in [0.1, 0.15) is 6.17 Å². The van der Waals surface area contributed by atoms with Gasteiger partial charge in [-0.25, -0.2) is 4.39 Å². The molecule has 1 aromatic carbocycles. The Hall–Kier alpha value is -1.45. The molecule has 0 aliphatic heterocycles. The number of hydrogen-bond donors (Lipinski definition) is 0. The Kier molecular flexibility index (Phi) is 5.25. The van der Waals surface area contributed by atoms with Crippen molar-refractivity contribution in [2.24, 2.45) is 0 Å². The lowest BCUT2D eigenvalue weighted by molar-refractivity contribution is 0.193. The standard InChI is InChI=1S/C12H14FNO3S/c1-10-4-6-12(7-5-10)18(15,16)17-9-11(13)3-2-8-14/h4-7,11H,2-3,9H2,1H3/t11-/m0/s1. The van der Waals surface area contributed by atoms with Gasteiger partial charge in [-0.2, -0.15) is 13.7 Å². The summed E-state index contributed by atoms with van der Waals surface area (Å²) in [6.45, 7) is 1.27. The molecule has 0 bridgehead atoms. The van der Waals surface area contributed by atoms with Gasteiger partial charge in [-0.3, -0.25) is 4.18 Å². The van der Waals surface area contributed by atoms with Crippen molar-refractivity contribution in [3.8, 4) is 6.07 Å². The topological polar surface area (TPSA) is 67.2 Å². The molecule has 0 aliphatic carbocycles. The number of halogens is 1. The Labute approximate surface area is 106 Å². The number of nitriles is 1. The van der Waals surface area contributed by atoms with Crippen LogP contribution < -0.4 is 0 Å². The van der Waals surface area contributed by atoms with Crippen LogP contribution in [-0.4, -0.2) is 21.2 Å². The van der Waals surface area contributed by atoms with Crippen LogP contribution in [0.4, 0.5) is 4.39 Å². The minimum absolute atomic E-state index is 0.000540. The van der Waals surface area contributed by atoms with Crippen molar-refractivity contribution < 1.29 is 17.0 Å². The largest absolute Gasteiger partial charge is 0.297 e. The Morgan fingerprint density at radius 2 is 2.00 bits per heavy atom. The summed E-state index contributed by atoms with van der Waals surface area (Å²) in [5.41, 5.74) is 0.923. The first kappa shape index (κ1) is 14.6. The van der Waals surface area contributed by atoms with E-state index in [4.69, 9.17) is 5.26 Å². The Balaban J connectivity index is 2.60. The zero-order chi connectivity index (χ0) is 13.6. The van der Waals surface area contributed by atoms with Crippen molar-refractivity contribution in [2.45, 2.75) is 30.8 Å². The molecular formula is C12H14FNO3S. The second-order valence-corrected chi connectivity index (χ2v) is 5.46. The normalized spacial score (nSPS) is 12.9. The van der Waals surface area contributed by atoms with Crippen LogP contribution in [-0.2, 0) is 14.3 Å². The van der Waals surface area contributed by atoms with Gasteiger partial charge in [-0.1, -0.05) is 17.7 Å². The van der Waals surface area contributed by atoms with Gasteiger partial charge < -0.3 is 0 Å². The number of rotatable bonds is 6. The molecule has 0 aromatic heterocycles. The second-order valence-electron chi connectivity index (χ2n) is 3.85. The summed E-state index contributed by atoms with van der Waals surface area (Å²) in [6, 6.07) is 7.88. The van der Waals surface area contributed by atoms with E-state index in [2.05, 4.69) is 4.18 Å². The average molecular weight is 271 g/mol. The van der Waals surface area contributed by atoms with E-state index in [1.807, 2.05) is 6.92 Å². The highest BCUT2D eigenvalue weighted by atomic mass is 32.2. The molecule has 0 N–H and O–H groups in total. The van der Waals surface area contributed by atoms with Gasteiger partial charge in [0.25, 0.3) is 10.1 Å². The fourth-order valence-electron chi connectivity index (χ4n) is 1.24. The summed E-state index contributed by atoms with van der Waals surface area (Å²) in [6.07, 6.45) is -1.44. The zero-order valence-electron chi connectivity index (χ0n) is 9.97. The maximum atomic E-state index is 13.2. The van der Waals surface area contributed by atoms with E-state index >= 15 is 0 Å². The number of benzene rings is 1. The van der Waals surface area contributed by atoms with Crippen LogP contribution in [0, 0.1) is 18.3 Å². The minimum Gasteiger partial charge on any atom is -0.263 e. The zero-order valence-corrected chi connectivity index (χ0v) is 10.8. The lowest BCUT2D eigenvalue weighted by Crippen LogP contribution is -2.15. The minimum atomic E-state index is -3.92. The molecule has 4 nitrogen and oxygen atoms in total. The molecule has 0 saturated heterocycles. The van der Waals surface area contributed by atoms with Gasteiger partial charge >= 0.3 is 0 Å². The van der Waals surface area contributed by atoms with Gasteiger partial charge in [-0.05, 0) is 25.5 Å². The molecule has 0 fully saturated rings. The maximum absolute atomic E-state index is 13.2. The van der Waals surface area contributed by atoms with Gasteiger partial charge in [0.05, 0.1) is 17.6 Å². The van der Waals surface area contributed by atoms with Crippen LogP contribution in [0.15, 0.2) is 29.2 Å². The molecule has 18 heavy (non-hydrogen) atoms. The molecule has 98 valence electrons. The fraction of sp³-hybridized carbons (Fsp3) is 0.417. The summed E-state index contributed by atoms with van der Waals surface area (Å²) in [5.74, 6) is 0. The van der Waals surface area contributed by atoms with Crippen LogP contribution in [0.3, 0.4) is 0 Å². The van der Waals surface area contributed by atoms with Gasteiger partial charge in [0.15, 0.2) is 0 Å². The van der Waals surface area contributed by atoms with Gasteiger partial charge in [0, 0.05) is 6.42 Å². The average Bonchev–Trinajstić information content (AvgIpc) is 2.34. The predicted octanol–water partition coefficient (Wildman–Crippen LogP) is 2.34. The van der Waals surface area contributed by atoms with E-state index in [-0.39, 0.29) is 17.7 Å². The molecule has 0 spiro atoms. The maximum Gasteiger partial charge on any atom is 0.297 e. The van der Waals surface area contributed by atoms with Gasteiger partial charge in [0.2, 0.25) is 0 Å². The third-order valence-corrected chi connectivity index (χ3v) is 3.58. The van der Waals surface area contributed by atoms with E-state index in [1.54, 1.807) is 18.2 Å². The van der Waals surface area contributed by atoms with Crippen molar-refractivity contribution in [3.05, 3.63) is 29.8 Å². The summed E-state index contributed by atoms with van der Waals surface area (Å²) in [7, 11) is -3.92. The number of aryl methyl sites for hydroxylation is 1. The summed E-state index contributed by atoms with van der Waals surface area (Å²) in [5, 5.41) is 8.27. The summed E-state index contributed by atoms with van der Waals surface area (Å²) < 4.78 is 41.1. The third kappa shape index (κ3) is 4.43. The van der Waals surface area contributed by atoms with Crippen LogP contribution in [0.25, 0.3) is 0 Å². The molecule has 0 amide bonds. The predicted molar refractivity (Wildman–Crippen MR) is 64.1 cm³/mol. The first-order valence-corrected chi connectivity index (χ1v) is 6.83. The van der Waals surface area contributed by atoms with Crippen LogP contribution in [0.2, 0.25) is 0 Å². The summed E-state index contributed by atoms with van der Waals surface area (Å²) in [4.78, 5) is 0.000540. The van der Waals surface area contributed by atoms with Crippen molar-refractivity contribution in [3.63, 3.8) is 0 Å². The quantitative estimate of drug-likeness (QED) is 0.745. The Morgan fingerprint density at radius 1 is 1.39 bits per heavy atom. The molecular weight excluding hydrogens is 257 g/mol. The lowest BCUT2D eigenvalue weighted by Gasteiger charge is -2.08. The number of hydrogen-bond acceptors (Lipinski definition) is 4. The number of alkyl halides is 1. The first-order chi connectivity index (χ1) is 8.45. The van der Waals surface area contributed by atoms with E-state index < -0.39 is 22.9 Å². The highest BCUT2D eigenvalue weighted by Gasteiger charge is 2.17. The molecule has 1 aromatic rings. The first-order valence-electron chi connectivity index (χ1n) is 5.43. The van der Waals surface area contributed by atoms with Crippen LogP contribution >= 0.6 is 0 Å². The van der Waals surface area contributed by atoms with E-state index in [9.17, 15) is 12.8 Å². The third-order valence-electron chi connectivity index (χ3n) is 2.28. The smallest absolute Gasteiger partial charge is 0.263 e.